The molecule has 0 aliphatic carbocycles. The van der Waals surface area contributed by atoms with E-state index in [0.29, 0.717) is 12.1 Å². The number of rotatable bonds is 6. The van der Waals surface area contributed by atoms with Crippen LogP contribution in [-0.4, -0.2) is 42.8 Å². The highest BCUT2D eigenvalue weighted by Crippen LogP contribution is 2.35. The van der Waals surface area contributed by atoms with Gasteiger partial charge in [-0.25, -0.2) is 0 Å². The van der Waals surface area contributed by atoms with E-state index in [1.807, 2.05) is 7.05 Å². The van der Waals surface area contributed by atoms with E-state index < -0.39 is 0 Å². The first-order valence-electron chi connectivity index (χ1n) is 7.65. The van der Waals surface area contributed by atoms with Crippen LogP contribution in [0.2, 0.25) is 0 Å². The van der Waals surface area contributed by atoms with Crippen LogP contribution < -0.4 is 5.32 Å². The minimum Gasteiger partial charge on any atom is -0.395 e. The van der Waals surface area contributed by atoms with Gasteiger partial charge in [-0.3, -0.25) is 4.90 Å². The van der Waals surface area contributed by atoms with Crippen LogP contribution >= 0.6 is 0 Å². The molecule has 1 aromatic carbocycles. The van der Waals surface area contributed by atoms with Gasteiger partial charge in [0.25, 0.3) is 0 Å². The molecule has 0 amide bonds. The molecule has 2 N–H and O–H groups in total. The summed E-state index contributed by atoms with van der Waals surface area (Å²) in [4.78, 5) is 2.45. The maximum atomic E-state index is 9.49. The van der Waals surface area contributed by atoms with Crippen molar-refractivity contribution in [2.75, 3.05) is 26.7 Å². The van der Waals surface area contributed by atoms with Gasteiger partial charge in [0.05, 0.1) is 6.61 Å². The van der Waals surface area contributed by atoms with Gasteiger partial charge in [0.2, 0.25) is 0 Å². The Bertz CT molecular complexity index is 405. The molecule has 1 aliphatic rings. The molecule has 0 radical (unpaired) electrons. The zero-order valence-electron chi connectivity index (χ0n) is 13.0. The van der Waals surface area contributed by atoms with Gasteiger partial charge in [0.15, 0.2) is 0 Å². The number of hydrogen-bond acceptors (Lipinski definition) is 3. The van der Waals surface area contributed by atoms with Crippen LogP contribution in [0.15, 0.2) is 30.3 Å². The van der Waals surface area contributed by atoms with Crippen LogP contribution in [0.3, 0.4) is 0 Å². The van der Waals surface area contributed by atoms with E-state index in [9.17, 15) is 5.11 Å². The quantitative estimate of drug-likeness (QED) is 0.837. The number of aliphatic hydroxyl groups is 1. The number of benzene rings is 1. The van der Waals surface area contributed by atoms with E-state index in [0.717, 1.165) is 19.5 Å². The normalized spacial score (nSPS) is 22.1. The van der Waals surface area contributed by atoms with Crippen molar-refractivity contribution >= 4 is 0 Å². The van der Waals surface area contributed by atoms with E-state index in [4.69, 9.17) is 0 Å². The van der Waals surface area contributed by atoms with Crippen molar-refractivity contribution in [3.8, 4) is 0 Å². The maximum Gasteiger partial charge on any atom is 0.0586 e. The first kappa shape index (κ1) is 15.5. The Morgan fingerprint density at radius 3 is 2.65 bits per heavy atom. The van der Waals surface area contributed by atoms with Gasteiger partial charge in [-0.2, -0.15) is 0 Å². The minimum absolute atomic E-state index is 0.119. The molecule has 1 fully saturated rings. The van der Waals surface area contributed by atoms with E-state index in [1.165, 1.54) is 12.0 Å². The molecule has 20 heavy (non-hydrogen) atoms. The monoisotopic (exact) mass is 276 g/mol. The number of nitrogens with one attached hydrogen (secondary N) is 1. The lowest BCUT2D eigenvalue weighted by Crippen LogP contribution is -2.44. The standard InChI is InChI=1S/C17H28N2O/c1-17(2,13-19-11-7-10-15(19)12-20)16(18-3)14-8-5-4-6-9-14/h4-6,8-9,15-16,18,20H,7,10-13H2,1-3H3. The number of nitrogens with zero attached hydrogens (tertiary/aromatic N) is 1. The molecule has 1 heterocycles. The van der Waals surface area contributed by atoms with Crippen LogP contribution in [-0.2, 0) is 0 Å². The van der Waals surface area contributed by atoms with Crippen LogP contribution in [0.25, 0.3) is 0 Å². The molecule has 1 aromatic rings. The van der Waals surface area contributed by atoms with E-state index in [2.05, 4.69) is 54.4 Å². The number of hydrogen-bond donors (Lipinski definition) is 2. The van der Waals surface area contributed by atoms with Crippen molar-refractivity contribution in [1.29, 1.82) is 0 Å². The van der Waals surface area contributed by atoms with Crippen molar-refractivity contribution in [2.45, 2.75) is 38.8 Å². The summed E-state index contributed by atoms with van der Waals surface area (Å²) in [5.41, 5.74) is 1.45. The second kappa shape index (κ2) is 6.70. The van der Waals surface area contributed by atoms with Gasteiger partial charge in [0, 0.05) is 18.6 Å². The third-order valence-corrected chi connectivity index (χ3v) is 4.52. The molecule has 0 bridgehead atoms. The zero-order chi connectivity index (χ0) is 14.6. The van der Waals surface area contributed by atoms with Gasteiger partial charge in [-0.05, 0) is 37.4 Å². The van der Waals surface area contributed by atoms with Gasteiger partial charge in [-0.15, -0.1) is 0 Å². The van der Waals surface area contributed by atoms with Gasteiger partial charge < -0.3 is 10.4 Å². The molecule has 2 rings (SSSR count). The lowest BCUT2D eigenvalue weighted by atomic mass is 9.80. The molecular formula is C17H28N2O. The Balaban J connectivity index is 2.11. The molecule has 3 heteroatoms. The zero-order valence-corrected chi connectivity index (χ0v) is 13.0. The molecule has 0 saturated carbocycles. The van der Waals surface area contributed by atoms with Crippen molar-refractivity contribution in [2.24, 2.45) is 5.41 Å². The summed E-state index contributed by atoms with van der Waals surface area (Å²) in [6, 6.07) is 11.3. The fraction of sp³-hybridized carbons (Fsp3) is 0.647. The fourth-order valence-electron chi connectivity index (χ4n) is 3.58. The first-order chi connectivity index (χ1) is 9.58. The van der Waals surface area contributed by atoms with Crippen LogP contribution in [0, 0.1) is 5.41 Å². The Labute approximate surface area is 123 Å². The first-order valence-corrected chi connectivity index (χ1v) is 7.65. The molecule has 0 spiro atoms. The van der Waals surface area contributed by atoms with Crippen LogP contribution in [0.1, 0.15) is 38.3 Å². The van der Waals surface area contributed by atoms with Gasteiger partial charge in [-0.1, -0.05) is 44.2 Å². The van der Waals surface area contributed by atoms with Gasteiger partial charge >= 0.3 is 0 Å². The summed E-state index contributed by atoms with van der Waals surface area (Å²) < 4.78 is 0. The summed E-state index contributed by atoms with van der Waals surface area (Å²) in [5.74, 6) is 0. The smallest absolute Gasteiger partial charge is 0.0586 e. The molecule has 1 aliphatic heterocycles. The molecule has 0 aromatic heterocycles. The highest BCUT2D eigenvalue weighted by atomic mass is 16.3. The Morgan fingerprint density at radius 1 is 1.35 bits per heavy atom. The van der Waals surface area contributed by atoms with Crippen molar-refractivity contribution in [1.82, 2.24) is 10.2 Å². The average molecular weight is 276 g/mol. The highest BCUT2D eigenvalue weighted by molar-refractivity contribution is 5.21. The van der Waals surface area contributed by atoms with E-state index in [1.54, 1.807) is 0 Å². The van der Waals surface area contributed by atoms with Crippen molar-refractivity contribution in [3.05, 3.63) is 35.9 Å². The van der Waals surface area contributed by atoms with Crippen molar-refractivity contribution in [3.63, 3.8) is 0 Å². The molecule has 112 valence electrons. The Morgan fingerprint density at radius 2 is 2.05 bits per heavy atom. The highest BCUT2D eigenvalue weighted by Gasteiger charge is 2.35. The van der Waals surface area contributed by atoms with Crippen molar-refractivity contribution < 1.29 is 5.11 Å². The predicted octanol–water partition coefficient (Wildman–Crippen LogP) is 2.43. The van der Waals surface area contributed by atoms with E-state index >= 15 is 0 Å². The summed E-state index contributed by atoms with van der Waals surface area (Å²) in [6.45, 7) is 7.03. The minimum atomic E-state index is 0.119. The predicted molar refractivity (Wildman–Crippen MR) is 83.7 cm³/mol. The molecule has 2 unspecified atom stereocenters. The van der Waals surface area contributed by atoms with Crippen LogP contribution in [0.4, 0.5) is 0 Å². The summed E-state index contributed by atoms with van der Waals surface area (Å²) in [7, 11) is 2.03. The number of likely N-dealkylation sites (tertiary alicyclic amines) is 1. The fourth-order valence-corrected chi connectivity index (χ4v) is 3.58. The Hall–Kier alpha value is -0.900. The summed E-state index contributed by atoms with van der Waals surface area (Å²) >= 11 is 0. The second-order valence-corrected chi connectivity index (χ2v) is 6.57. The topological polar surface area (TPSA) is 35.5 Å². The molecule has 1 saturated heterocycles. The van der Waals surface area contributed by atoms with Crippen LogP contribution in [0.5, 0.6) is 0 Å². The average Bonchev–Trinajstić information content (AvgIpc) is 2.86. The van der Waals surface area contributed by atoms with E-state index in [-0.39, 0.29) is 12.0 Å². The third kappa shape index (κ3) is 3.40. The summed E-state index contributed by atoms with van der Waals surface area (Å²) in [5, 5.41) is 13.0. The summed E-state index contributed by atoms with van der Waals surface area (Å²) in [6.07, 6.45) is 2.33. The molecule has 2 atom stereocenters. The Kier molecular flexibility index (Phi) is 5.19. The number of aliphatic hydroxyl groups excluding tert-OH is 1. The van der Waals surface area contributed by atoms with Gasteiger partial charge in [0.1, 0.15) is 0 Å². The lowest BCUT2D eigenvalue weighted by Gasteiger charge is -2.39. The molecule has 3 nitrogen and oxygen atoms in total. The SMILES string of the molecule is CNC(c1ccccc1)C(C)(C)CN1CCCC1CO. The molecular weight excluding hydrogens is 248 g/mol. The third-order valence-electron chi connectivity index (χ3n) is 4.52. The second-order valence-electron chi connectivity index (χ2n) is 6.57. The largest absolute Gasteiger partial charge is 0.395 e. The maximum absolute atomic E-state index is 9.49. The lowest BCUT2D eigenvalue weighted by molar-refractivity contribution is 0.0975.